The minimum absolute atomic E-state index is 0.0635. The van der Waals surface area contributed by atoms with Crippen molar-refractivity contribution in [3.05, 3.63) is 48.6 Å². The SMILES string of the molecule is CCCCCCC/C=C\C/C=C\C/C=C\CCCCCCCCCCCCCCC(=O)NC(CO)C(O)/C=C/CCCCCCCCCCCCCCCCCCCCCCC. The Kier molecular flexibility index (Phi) is 52.3. The van der Waals surface area contributed by atoms with Gasteiger partial charge in [0.1, 0.15) is 0 Å². The van der Waals surface area contributed by atoms with Gasteiger partial charge in [-0.1, -0.05) is 281 Å². The average Bonchev–Trinajstić information content (AvgIpc) is 3.28. The number of unbranched alkanes of at least 4 members (excludes halogenated alkanes) is 38. The molecule has 0 aromatic carbocycles. The smallest absolute Gasteiger partial charge is 0.220 e. The quantitative estimate of drug-likeness (QED) is 0.0421. The molecule has 0 fully saturated rings. The molecule has 364 valence electrons. The monoisotopic (exact) mass is 868 g/mol. The van der Waals surface area contributed by atoms with Crippen molar-refractivity contribution in [2.75, 3.05) is 6.61 Å². The third kappa shape index (κ3) is 49.4. The molecule has 0 radical (unpaired) electrons. The third-order valence-corrected chi connectivity index (χ3v) is 12.8. The second-order valence-corrected chi connectivity index (χ2v) is 19.0. The van der Waals surface area contributed by atoms with Crippen LogP contribution in [0.3, 0.4) is 0 Å². The highest BCUT2D eigenvalue weighted by molar-refractivity contribution is 5.76. The summed E-state index contributed by atoms with van der Waals surface area (Å²) in [5.74, 6) is -0.0635. The molecule has 62 heavy (non-hydrogen) atoms. The van der Waals surface area contributed by atoms with E-state index in [1.54, 1.807) is 6.08 Å². The van der Waals surface area contributed by atoms with Crippen molar-refractivity contribution in [2.24, 2.45) is 0 Å². The first-order valence-electron chi connectivity index (χ1n) is 27.9. The van der Waals surface area contributed by atoms with Crippen LogP contribution in [0.2, 0.25) is 0 Å². The molecule has 0 aliphatic heterocycles. The summed E-state index contributed by atoms with van der Waals surface area (Å²) in [7, 11) is 0. The Bertz CT molecular complexity index is 985. The van der Waals surface area contributed by atoms with Crippen LogP contribution >= 0.6 is 0 Å². The lowest BCUT2D eigenvalue weighted by Gasteiger charge is -2.20. The molecule has 0 aromatic heterocycles. The van der Waals surface area contributed by atoms with E-state index in [9.17, 15) is 15.0 Å². The van der Waals surface area contributed by atoms with Crippen molar-refractivity contribution in [3.63, 3.8) is 0 Å². The fraction of sp³-hybridized carbons (Fsp3) is 0.845. The van der Waals surface area contributed by atoms with Crippen LogP contribution in [0.15, 0.2) is 48.6 Å². The van der Waals surface area contributed by atoms with Crippen LogP contribution in [-0.2, 0) is 4.79 Å². The van der Waals surface area contributed by atoms with Crippen LogP contribution in [0.25, 0.3) is 0 Å². The van der Waals surface area contributed by atoms with Crippen LogP contribution in [0.4, 0.5) is 0 Å². The van der Waals surface area contributed by atoms with Gasteiger partial charge in [-0.15, -0.1) is 0 Å². The molecule has 0 spiro atoms. The highest BCUT2D eigenvalue weighted by Gasteiger charge is 2.18. The highest BCUT2D eigenvalue weighted by atomic mass is 16.3. The van der Waals surface area contributed by atoms with E-state index in [4.69, 9.17) is 0 Å². The number of allylic oxidation sites excluding steroid dienone is 7. The maximum atomic E-state index is 12.5. The number of carbonyl (C=O) groups is 1. The Morgan fingerprint density at radius 3 is 0.984 bits per heavy atom. The summed E-state index contributed by atoms with van der Waals surface area (Å²) in [5, 5.41) is 23.2. The van der Waals surface area contributed by atoms with Crippen LogP contribution < -0.4 is 5.32 Å². The zero-order chi connectivity index (χ0) is 44.9. The summed E-state index contributed by atoms with van der Waals surface area (Å²) in [5.41, 5.74) is 0. The van der Waals surface area contributed by atoms with E-state index in [1.807, 2.05) is 6.08 Å². The van der Waals surface area contributed by atoms with Crippen molar-refractivity contribution in [2.45, 2.75) is 309 Å². The van der Waals surface area contributed by atoms with Gasteiger partial charge in [0.05, 0.1) is 18.8 Å². The summed E-state index contributed by atoms with van der Waals surface area (Å²) in [6.07, 6.45) is 74.0. The van der Waals surface area contributed by atoms with Crippen LogP contribution in [0, 0.1) is 0 Å². The second-order valence-electron chi connectivity index (χ2n) is 19.0. The first kappa shape index (κ1) is 60.4. The molecule has 2 unspecified atom stereocenters. The number of amides is 1. The number of hydrogen-bond acceptors (Lipinski definition) is 3. The lowest BCUT2D eigenvalue weighted by molar-refractivity contribution is -0.123. The van der Waals surface area contributed by atoms with Gasteiger partial charge in [0, 0.05) is 6.42 Å². The van der Waals surface area contributed by atoms with E-state index in [0.29, 0.717) is 6.42 Å². The van der Waals surface area contributed by atoms with Crippen molar-refractivity contribution in [3.8, 4) is 0 Å². The lowest BCUT2D eigenvalue weighted by atomic mass is 10.0. The lowest BCUT2D eigenvalue weighted by Crippen LogP contribution is -2.45. The molecule has 0 saturated heterocycles. The van der Waals surface area contributed by atoms with Crippen molar-refractivity contribution < 1.29 is 15.0 Å². The van der Waals surface area contributed by atoms with Gasteiger partial charge in [0.15, 0.2) is 0 Å². The molecule has 0 aliphatic carbocycles. The van der Waals surface area contributed by atoms with Crippen molar-refractivity contribution >= 4 is 5.91 Å². The van der Waals surface area contributed by atoms with Crippen molar-refractivity contribution in [1.29, 1.82) is 0 Å². The van der Waals surface area contributed by atoms with Gasteiger partial charge >= 0.3 is 0 Å². The van der Waals surface area contributed by atoms with E-state index in [2.05, 4.69) is 55.6 Å². The molecule has 0 saturated carbocycles. The number of aliphatic hydroxyl groups is 2. The molecule has 4 nitrogen and oxygen atoms in total. The number of rotatable bonds is 51. The maximum absolute atomic E-state index is 12.5. The normalized spacial score (nSPS) is 13.2. The Morgan fingerprint density at radius 1 is 0.387 bits per heavy atom. The molecule has 0 aliphatic rings. The van der Waals surface area contributed by atoms with E-state index >= 15 is 0 Å². The number of aliphatic hydroxyl groups excluding tert-OH is 2. The summed E-state index contributed by atoms with van der Waals surface area (Å²) in [6, 6.07) is -0.625. The largest absolute Gasteiger partial charge is 0.394 e. The molecule has 0 bridgehead atoms. The molecule has 0 rings (SSSR count). The first-order valence-corrected chi connectivity index (χ1v) is 27.9. The van der Waals surface area contributed by atoms with E-state index < -0.39 is 12.1 Å². The number of hydrogen-bond donors (Lipinski definition) is 3. The number of nitrogens with one attached hydrogen (secondary N) is 1. The van der Waals surface area contributed by atoms with Gasteiger partial charge < -0.3 is 15.5 Å². The Hall–Kier alpha value is -1.65. The highest BCUT2D eigenvalue weighted by Crippen LogP contribution is 2.17. The standard InChI is InChI=1S/C58H109NO3/c1-3-5-7-9-11-13-15-17-19-21-23-25-27-28-29-30-32-34-36-38-40-42-44-46-48-50-52-54-58(62)59-56(55-60)57(61)53-51-49-47-45-43-41-39-37-35-33-31-26-24-22-20-18-16-14-12-10-8-6-4-2/h15,17,21,23,27-28,51,53,56-57,60-61H,3-14,16,18-20,22,24-26,29-50,52,54-55H2,1-2H3,(H,59,62)/b17-15-,23-21-,28-27-,53-51+. The summed E-state index contributed by atoms with van der Waals surface area (Å²) in [6.45, 7) is 4.32. The minimum Gasteiger partial charge on any atom is -0.394 e. The predicted molar refractivity (Wildman–Crippen MR) is 276 cm³/mol. The fourth-order valence-electron chi connectivity index (χ4n) is 8.54. The molecule has 0 aromatic rings. The average molecular weight is 869 g/mol. The fourth-order valence-corrected chi connectivity index (χ4v) is 8.54. The van der Waals surface area contributed by atoms with Crippen LogP contribution in [-0.4, -0.2) is 34.9 Å². The molecule has 3 N–H and O–H groups in total. The van der Waals surface area contributed by atoms with Crippen LogP contribution in [0.1, 0.15) is 296 Å². The first-order chi connectivity index (χ1) is 30.7. The predicted octanol–water partition coefficient (Wildman–Crippen LogP) is 18.3. The van der Waals surface area contributed by atoms with Gasteiger partial charge in [-0.05, 0) is 57.8 Å². The van der Waals surface area contributed by atoms with Crippen molar-refractivity contribution in [1.82, 2.24) is 5.32 Å². The Balaban J connectivity index is 3.51. The van der Waals surface area contributed by atoms with Gasteiger partial charge in [0.25, 0.3) is 0 Å². The molecular weight excluding hydrogens is 759 g/mol. The topological polar surface area (TPSA) is 69.6 Å². The molecule has 0 heterocycles. The number of carbonyl (C=O) groups excluding carboxylic acids is 1. The molecular formula is C58H109NO3. The minimum atomic E-state index is -0.842. The van der Waals surface area contributed by atoms with Gasteiger partial charge in [-0.25, -0.2) is 0 Å². The molecule has 2 atom stereocenters. The Labute approximate surface area is 388 Å². The Morgan fingerprint density at radius 2 is 0.661 bits per heavy atom. The zero-order valence-electron chi connectivity index (χ0n) is 41.9. The van der Waals surface area contributed by atoms with Gasteiger partial charge in [0.2, 0.25) is 5.91 Å². The van der Waals surface area contributed by atoms with E-state index in [1.165, 1.54) is 238 Å². The zero-order valence-corrected chi connectivity index (χ0v) is 41.9. The van der Waals surface area contributed by atoms with Crippen LogP contribution in [0.5, 0.6) is 0 Å². The molecule has 4 heteroatoms. The molecule has 1 amide bonds. The van der Waals surface area contributed by atoms with E-state index in [0.717, 1.165) is 38.5 Å². The summed E-state index contributed by atoms with van der Waals surface area (Å²) >= 11 is 0. The summed E-state index contributed by atoms with van der Waals surface area (Å²) in [4.78, 5) is 12.5. The second kappa shape index (κ2) is 53.7. The maximum Gasteiger partial charge on any atom is 0.220 e. The summed E-state index contributed by atoms with van der Waals surface area (Å²) < 4.78 is 0. The van der Waals surface area contributed by atoms with E-state index in [-0.39, 0.29) is 12.5 Å². The third-order valence-electron chi connectivity index (χ3n) is 12.8. The van der Waals surface area contributed by atoms with Gasteiger partial charge in [-0.2, -0.15) is 0 Å². The van der Waals surface area contributed by atoms with Gasteiger partial charge in [-0.3, -0.25) is 4.79 Å².